The average molecular weight is 472 g/mol. The van der Waals surface area contributed by atoms with Gasteiger partial charge in [-0.15, -0.1) is 0 Å². The first kappa shape index (κ1) is 21.5. The Bertz CT molecular complexity index is 1590. The molecule has 0 N–H and O–H groups in total. The Kier molecular flexibility index (Phi) is 5.65. The molecule has 168 valence electrons. The Hall–Kier alpha value is -4.30. The minimum atomic E-state index is -0.336. The lowest BCUT2D eigenvalue weighted by Crippen LogP contribution is -2.24. The van der Waals surface area contributed by atoms with E-state index in [1.807, 2.05) is 13.2 Å². The predicted octanol–water partition coefficient (Wildman–Crippen LogP) is 4.52. The minimum absolute atomic E-state index is 0.147. The summed E-state index contributed by atoms with van der Waals surface area (Å²) in [6.07, 6.45) is 6.60. The van der Waals surface area contributed by atoms with Gasteiger partial charge < -0.3 is 4.74 Å². The van der Waals surface area contributed by atoms with Crippen molar-refractivity contribution in [3.63, 3.8) is 0 Å². The summed E-state index contributed by atoms with van der Waals surface area (Å²) in [7, 11) is 1.84. The summed E-state index contributed by atoms with van der Waals surface area (Å²) in [4.78, 5) is 34.4. The number of aryl methyl sites for hydroxylation is 1. The third-order valence-corrected chi connectivity index (χ3v) is 5.46. The molecule has 0 spiro atoms. The van der Waals surface area contributed by atoms with Gasteiger partial charge in [-0.25, -0.2) is 4.98 Å². The molecule has 0 saturated carbocycles. The van der Waals surface area contributed by atoms with Crippen molar-refractivity contribution in [1.82, 2.24) is 24.3 Å². The number of carbonyl (C=O) groups excluding carboxylic acids is 1. The summed E-state index contributed by atoms with van der Waals surface area (Å²) in [6.45, 7) is -0.147. The van der Waals surface area contributed by atoms with Crippen molar-refractivity contribution in [2.75, 3.05) is 0 Å². The summed E-state index contributed by atoms with van der Waals surface area (Å²) in [5.41, 5.74) is 2.18. The molecule has 0 aliphatic heterocycles. The van der Waals surface area contributed by atoms with Crippen molar-refractivity contribution in [2.45, 2.75) is 6.54 Å². The molecule has 0 amide bonds. The number of hydrogen-bond donors (Lipinski definition) is 0. The Balaban J connectivity index is 1.42. The zero-order chi connectivity index (χ0) is 23.7. The number of ether oxygens (including phenoxy) is 1. The Morgan fingerprint density at radius 2 is 1.91 bits per heavy atom. The van der Waals surface area contributed by atoms with Crippen LogP contribution in [0.4, 0.5) is 0 Å². The minimum Gasteiger partial charge on any atom is -0.457 e. The predicted molar refractivity (Wildman–Crippen MR) is 128 cm³/mol. The lowest BCUT2D eigenvalue weighted by Gasteiger charge is -2.09. The average Bonchev–Trinajstić information content (AvgIpc) is 3.28. The second kappa shape index (κ2) is 8.92. The first-order valence-corrected chi connectivity index (χ1v) is 10.7. The van der Waals surface area contributed by atoms with E-state index in [2.05, 4.69) is 15.1 Å². The molecule has 34 heavy (non-hydrogen) atoms. The van der Waals surface area contributed by atoms with Crippen LogP contribution in [0, 0.1) is 0 Å². The number of halogens is 1. The van der Waals surface area contributed by atoms with Crippen LogP contribution >= 0.6 is 11.6 Å². The molecule has 2 aromatic carbocycles. The molecule has 0 aliphatic rings. The van der Waals surface area contributed by atoms with E-state index in [0.717, 1.165) is 11.3 Å². The Morgan fingerprint density at radius 1 is 1.06 bits per heavy atom. The van der Waals surface area contributed by atoms with E-state index in [-0.39, 0.29) is 17.9 Å². The molecule has 0 unspecified atom stereocenters. The molecule has 8 nitrogen and oxygen atoms in total. The van der Waals surface area contributed by atoms with Crippen LogP contribution in [0.3, 0.4) is 0 Å². The summed E-state index contributed by atoms with van der Waals surface area (Å²) < 4.78 is 8.97. The lowest BCUT2D eigenvalue weighted by atomic mass is 10.1. The fourth-order valence-electron chi connectivity index (χ4n) is 3.54. The monoisotopic (exact) mass is 471 g/mol. The maximum atomic E-state index is 13.1. The van der Waals surface area contributed by atoms with Crippen LogP contribution in [-0.2, 0) is 13.6 Å². The maximum absolute atomic E-state index is 13.1. The summed E-state index contributed by atoms with van der Waals surface area (Å²) in [6, 6.07) is 15.2. The number of carbonyl (C=O) groups is 1. The van der Waals surface area contributed by atoms with Crippen molar-refractivity contribution in [3.8, 4) is 22.8 Å². The van der Waals surface area contributed by atoms with Crippen molar-refractivity contribution in [3.05, 3.63) is 100 Å². The van der Waals surface area contributed by atoms with Gasteiger partial charge in [-0.2, -0.15) is 5.10 Å². The summed E-state index contributed by atoms with van der Waals surface area (Å²) >= 11 is 5.98. The molecule has 9 heteroatoms. The number of hydrogen-bond acceptors (Lipinski definition) is 6. The fraction of sp³-hybridized carbons (Fsp3) is 0.0800. The highest BCUT2D eigenvalue weighted by atomic mass is 35.5. The highest BCUT2D eigenvalue weighted by Gasteiger charge is 2.12. The normalized spacial score (nSPS) is 11.0. The number of Topliss-reactive ketones (excluding diaryl/α,β-unsaturated/α-hetero) is 1. The van der Waals surface area contributed by atoms with Gasteiger partial charge in [0, 0.05) is 41.7 Å². The molecule has 0 atom stereocenters. The number of pyridine rings is 1. The smallest absolute Gasteiger partial charge is 0.261 e. The topological polar surface area (TPSA) is 91.9 Å². The first-order valence-electron chi connectivity index (χ1n) is 10.4. The van der Waals surface area contributed by atoms with Crippen LogP contribution < -0.4 is 10.3 Å². The molecule has 3 aromatic heterocycles. The SMILES string of the molecule is Cn1cc(-c2cc(Oc3ccc4ncn(CC(=O)c5cccc(Cl)c5)c(=O)c4c3)ccn2)cn1. The third-order valence-electron chi connectivity index (χ3n) is 5.22. The van der Waals surface area contributed by atoms with Gasteiger partial charge in [-0.1, -0.05) is 23.7 Å². The van der Waals surface area contributed by atoms with Crippen LogP contribution in [0.5, 0.6) is 11.5 Å². The zero-order valence-corrected chi connectivity index (χ0v) is 18.8. The maximum Gasteiger partial charge on any atom is 0.261 e. The summed E-state index contributed by atoms with van der Waals surface area (Å²) in [5.74, 6) is 0.792. The third kappa shape index (κ3) is 4.44. The van der Waals surface area contributed by atoms with Crippen LogP contribution in [-0.4, -0.2) is 30.1 Å². The van der Waals surface area contributed by atoms with Gasteiger partial charge in [0.15, 0.2) is 5.78 Å². The molecule has 5 aromatic rings. The number of aromatic nitrogens is 5. The van der Waals surface area contributed by atoms with Crippen molar-refractivity contribution in [2.24, 2.45) is 7.05 Å². The molecular weight excluding hydrogens is 454 g/mol. The van der Waals surface area contributed by atoms with Gasteiger partial charge in [0.1, 0.15) is 11.5 Å². The molecule has 0 aliphatic carbocycles. The first-order chi connectivity index (χ1) is 16.5. The van der Waals surface area contributed by atoms with Crippen molar-refractivity contribution < 1.29 is 9.53 Å². The van der Waals surface area contributed by atoms with Crippen molar-refractivity contribution in [1.29, 1.82) is 0 Å². The molecule has 0 radical (unpaired) electrons. The Labute approximate surface area is 199 Å². The lowest BCUT2D eigenvalue weighted by molar-refractivity contribution is 0.0970. The Morgan fingerprint density at radius 3 is 2.71 bits per heavy atom. The van der Waals surface area contributed by atoms with Gasteiger partial charge in [0.2, 0.25) is 0 Å². The fourth-order valence-corrected chi connectivity index (χ4v) is 3.73. The van der Waals surface area contributed by atoms with E-state index in [9.17, 15) is 9.59 Å². The highest BCUT2D eigenvalue weighted by molar-refractivity contribution is 6.31. The highest BCUT2D eigenvalue weighted by Crippen LogP contribution is 2.26. The largest absolute Gasteiger partial charge is 0.457 e. The number of fused-ring (bicyclic) bond motifs is 1. The van der Waals surface area contributed by atoms with Crippen LogP contribution in [0.15, 0.2) is 84.3 Å². The van der Waals surface area contributed by atoms with Gasteiger partial charge >= 0.3 is 0 Å². The van der Waals surface area contributed by atoms with Gasteiger partial charge in [-0.05, 0) is 36.4 Å². The zero-order valence-electron chi connectivity index (χ0n) is 18.1. The number of ketones is 1. The van der Waals surface area contributed by atoms with E-state index in [4.69, 9.17) is 16.3 Å². The number of benzene rings is 2. The molecule has 3 heterocycles. The van der Waals surface area contributed by atoms with Crippen molar-refractivity contribution >= 4 is 28.3 Å². The van der Waals surface area contributed by atoms with Gasteiger partial charge in [-0.3, -0.25) is 23.8 Å². The van der Waals surface area contributed by atoms with E-state index >= 15 is 0 Å². The molecule has 5 rings (SSSR count). The van der Waals surface area contributed by atoms with Crippen LogP contribution in [0.25, 0.3) is 22.2 Å². The van der Waals surface area contributed by atoms with Gasteiger partial charge in [0.25, 0.3) is 5.56 Å². The van der Waals surface area contributed by atoms with Crippen LogP contribution in [0.2, 0.25) is 5.02 Å². The second-order valence-corrected chi connectivity index (χ2v) is 8.11. The van der Waals surface area contributed by atoms with E-state index in [1.165, 1.54) is 10.9 Å². The molecule has 0 saturated heterocycles. The quantitative estimate of drug-likeness (QED) is 0.338. The standard InChI is InChI=1S/C25H18ClN5O3/c1-30-13-17(12-29-30)23-11-20(7-8-27-23)34-19-5-6-22-21(10-19)25(33)31(15-28-22)14-24(32)16-3-2-4-18(26)9-16/h2-13,15H,14H2,1H3. The molecular formula is C25H18ClN5O3. The summed E-state index contributed by atoms with van der Waals surface area (Å²) in [5, 5.41) is 4.97. The molecule has 0 bridgehead atoms. The molecule has 0 fully saturated rings. The second-order valence-electron chi connectivity index (χ2n) is 7.67. The van der Waals surface area contributed by atoms with E-state index in [1.54, 1.807) is 71.7 Å². The van der Waals surface area contributed by atoms with E-state index in [0.29, 0.717) is 33.0 Å². The van der Waals surface area contributed by atoms with E-state index < -0.39 is 0 Å². The number of rotatable bonds is 6. The number of nitrogens with zero attached hydrogens (tertiary/aromatic N) is 5. The van der Waals surface area contributed by atoms with Gasteiger partial charge in [0.05, 0.1) is 35.7 Å². The van der Waals surface area contributed by atoms with Crippen LogP contribution in [0.1, 0.15) is 10.4 Å².